The third-order valence-electron chi connectivity index (χ3n) is 8.11. The molecular weight excluding hydrogens is 562 g/mol. The van der Waals surface area contributed by atoms with Crippen molar-refractivity contribution in [2.45, 2.75) is 89.7 Å². The number of hydrogen-bond donors (Lipinski definition) is 1. The van der Waals surface area contributed by atoms with Crippen molar-refractivity contribution in [2.24, 2.45) is 0 Å². The van der Waals surface area contributed by atoms with Gasteiger partial charge in [0, 0.05) is 5.56 Å². The molecule has 10 heteroatoms. The summed E-state index contributed by atoms with van der Waals surface area (Å²) in [5, 5.41) is 3.05. The first-order chi connectivity index (χ1) is 21.2. The smallest absolute Gasteiger partial charge is 0.252 e. The molecule has 0 radical (unpaired) electrons. The van der Waals surface area contributed by atoms with Crippen molar-refractivity contribution in [3.05, 3.63) is 95.8 Å². The number of rotatable bonds is 8. The molecule has 3 aromatic carbocycles. The molecule has 3 fully saturated rings. The number of fused-ring (bicyclic) bond motifs is 4. The van der Waals surface area contributed by atoms with E-state index in [1.165, 1.54) is 0 Å². The Balaban J connectivity index is 1.11. The zero-order valence-electron chi connectivity index (χ0n) is 25.3. The van der Waals surface area contributed by atoms with Crippen LogP contribution in [0.25, 0.3) is 11.0 Å². The molecular formula is C34H37N3O7. The van der Waals surface area contributed by atoms with E-state index in [0.29, 0.717) is 19.0 Å². The largest absolute Gasteiger partial charge is 0.489 e. The van der Waals surface area contributed by atoms with Gasteiger partial charge < -0.3 is 38.3 Å². The molecule has 3 aliphatic rings. The molecule has 44 heavy (non-hydrogen) atoms. The van der Waals surface area contributed by atoms with E-state index in [1.54, 1.807) is 0 Å². The summed E-state index contributed by atoms with van der Waals surface area (Å²) >= 11 is 0. The van der Waals surface area contributed by atoms with E-state index in [4.69, 9.17) is 33.4 Å². The number of carbonyl (C=O) groups is 1. The van der Waals surface area contributed by atoms with Crippen LogP contribution in [0, 0.1) is 0 Å². The van der Waals surface area contributed by atoms with Crippen LogP contribution in [-0.4, -0.2) is 57.7 Å². The van der Waals surface area contributed by atoms with E-state index in [1.807, 2.05) is 107 Å². The van der Waals surface area contributed by atoms with Crippen molar-refractivity contribution in [1.82, 2.24) is 14.9 Å². The third-order valence-corrected chi connectivity index (χ3v) is 8.11. The number of ether oxygens (including phenoxy) is 6. The lowest BCUT2D eigenvalue weighted by atomic mass is 9.98. The molecule has 1 amide bonds. The van der Waals surface area contributed by atoms with Gasteiger partial charge in [0.05, 0.1) is 24.1 Å². The van der Waals surface area contributed by atoms with E-state index in [-0.39, 0.29) is 12.5 Å². The topological polar surface area (TPSA) is 102 Å². The Labute approximate surface area is 256 Å². The highest BCUT2D eigenvalue weighted by atomic mass is 16.9. The van der Waals surface area contributed by atoms with Gasteiger partial charge in [-0.1, -0.05) is 60.7 Å². The molecule has 0 bridgehead atoms. The predicted octanol–water partition coefficient (Wildman–Crippen LogP) is 4.68. The van der Waals surface area contributed by atoms with Gasteiger partial charge in [0.25, 0.3) is 5.91 Å². The second kappa shape index (κ2) is 11.3. The van der Waals surface area contributed by atoms with E-state index >= 15 is 0 Å². The Kier molecular flexibility index (Phi) is 7.42. The van der Waals surface area contributed by atoms with Gasteiger partial charge in [0.2, 0.25) is 0 Å². The lowest BCUT2D eigenvalue weighted by Gasteiger charge is -2.36. The zero-order valence-corrected chi connectivity index (χ0v) is 25.3. The molecule has 3 saturated heterocycles. The summed E-state index contributed by atoms with van der Waals surface area (Å²) in [5.74, 6) is -0.603. The summed E-state index contributed by atoms with van der Waals surface area (Å²) in [6, 6.07) is 26.0. The van der Waals surface area contributed by atoms with Crippen LogP contribution in [0.3, 0.4) is 0 Å². The summed E-state index contributed by atoms with van der Waals surface area (Å²) in [5.41, 5.74) is 3.89. The normalized spacial score (nSPS) is 26.7. The van der Waals surface area contributed by atoms with E-state index in [9.17, 15) is 4.79 Å². The number of amides is 1. The van der Waals surface area contributed by atoms with Crippen LogP contribution in [0.5, 0.6) is 5.75 Å². The SMILES string of the molecule is CC1(C)OC2OC(C(=O)NCc3nc4ccccc4n3Cc3ccccc3OCc3ccccc3)C3OC(C)(C)OC3C2O1. The standard InChI is InChI=1S/C34H37N3O7/c1-33(2)41-27-28(42-33)30-32(44-34(3,4)43-30)40-29(27)31(38)35-18-26-36-23-15-9-10-16-24(23)37(26)19-22-14-8-11-17-25(22)39-20-21-12-6-5-7-13-21/h5-17,27-30,32H,18-20H2,1-4H3,(H,35,38). The summed E-state index contributed by atoms with van der Waals surface area (Å²) < 4.78 is 38.9. The van der Waals surface area contributed by atoms with Crippen LogP contribution in [-0.2, 0) is 48.2 Å². The number of aromatic nitrogens is 2. The number of benzene rings is 3. The number of nitrogens with one attached hydrogen (secondary N) is 1. The van der Waals surface area contributed by atoms with Crippen molar-refractivity contribution in [3.8, 4) is 5.75 Å². The maximum absolute atomic E-state index is 13.7. The van der Waals surface area contributed by atoms with Gasteiger partial charge >= 0.3 is 0 Å². The van der Waals surface area contributed by atoms with Crippen molar-refractivity contribution >= 4 is 16.9 Å². The van der Waals surface area contributed by atoms with E-state index in [0.717, 1.165) is 27.9 Å². The average Bonchev–Trinajstić information content (AvgIpc) is 3.64. The Morgan fingerprint density at radius 2 is 1.52 bits per heavy atom. The van der Waals surface area contributed by atoms with Gasteiger partial charge in [0.1, 0.15) is 36.5 Å². The summed E-state index contributed by atoms with van der Waals surface area (Å²) in [7, 11) is 0. The van der Waals surface area contributed by atoms with Gasteiger partial charge in [-0.15, -0.1) is 0 Å². The number of para-hydroxylation sites is 3. The number of imidazole rings is 1. The monoisotopic (exact) mass is 599 g/mol. The van der Waals surface area contributed by atoms with Crippen LogP contribution in [0.15, 0.2) is 78.9 Å². The fourth-order valence-corrected chi connectivity index (χ4v) is 6.21. The molecule has 5 atom stereocenters. The molecule has 1 aromatic heterocycles. The number of hydrogen-bond acceptors (Lipinski definition) is 8. The van der Waals surface area contributed by atoms with Gasteiger partial charge in [-0.05, 0) is 51.5 Å². The summed E-state index contributed by atoms with van der Waals surface area (Å²) in [6.45, 7) is 8.42. The first-order valence-corrected chi connectivity index (χ1v) is 15.0. The molecule has 230 valence electrons. The molecule has 5 unspecified atom stereocenters. The van der Waals surface area contributed by atoms with Crippen LogP contribution in [0.1, 0.15) is 44.6 Å². The fourth-order valence-electron chi connectivity index (χ4n) is 6.21. The fraction of sp³-hybridized carbons (Fsp3) is 0.412. The highest BCUT2D eigenvalue weighted by Gasteiger charge is 2.62. The maximum Gasteiger partial charge on any atom is 0.252 e. The molecule has 4 aromatic rings. The van der Waals surface area contributed by atoms with E-state index in [2.05, 4.69) is 9.88 Å². The van der Waals surface area contributed by atoms with Crippen LogP contribution in [0.4, 0.5) is 0 Å². The average molecular weight is 600 g/mol. The molecule has 0 aliphatic carbocycles. The number of carbonyl (C=O) groups excluding carboxylic acids is 1. The first kappa shape index (κ1) is 28.9. The lowest BCUT2D eigenvalue weighted by Crippen LogP contribution is -2.59. The second-order valence-corrected chi connectivity index (χ2v) is 12.3. The van der Waals surface area contributed by atoms with Gasteiger partial charge in [0.15, 0.2) is 24.0 Å². The highest BCUT2D eigenvalue weighted by molar-refractivity contribution is 5.82. The maximum atomic E-state index is 13.7. The molecule has 0 spiro atoms. The van der Waals surface area contributed by atoms with Crippen molar-refractivity contribution in [2.75, 3.05) is 0 Å². The minimum absolute atomic E-state index is 0.180. The zero-order chi connectivity index (χ0) is 30.5. The van der Waals surface area contributed by atoms with Crippen molar-refractivity contribution in [1.29, 1.82) is 0 Å². The van der Waals surface area contributed by atoms with Gasteiger partial charge in [-0.3, -0.25) is 4.79 Å². The minimum atomic E-state index is -0.953. The van der Waals surface area contributed by atoms with Crippen LogP contribution < -0.4 is 10.1 Å². The Bertz CT molecular complexity index is 1650. The minimum Gasteiger partial charge on any atom is -0.489 e. The second-order valence-electron chi connectivity index (χ2n) is 12.3. The highest BCUT2D eigenvalue weighted by Crippen LogP contribution is 2.44. The third kappa shape index (κ3) is 5.71. The summed E-state index contributed by atoms with van der Waals surface area (Å²) in [4.78, 5) is 18.6. The van der Waals surface area contributed by atoms with Crippen LogP contribution >= 0.6 is 0 Å². The molecule has 7 rings (SSSR count). The van der Waals surface area contributed by atoms with Gasteiger partial charge in [-0.2, -0.15) is 0 Å². The first-order valence-electron chi connectivity index (χ1n) is 15.0. The van der Waals surface area contributed by atoms with Crippen LogP contribution in [0.2, 0.25) is 0 Å². The van der Waals surface area contributed by atoms with Gasteiger partial charge in [-0.25, -0.2) is 4.98 Å². The molecule has 3 aliphatic heterocycles. The molecule has 4 heterocycles. The lowest BCUT2D eigenvalue weighted by molar-refractivity contribution is -0.231. The quantitative estimate of drug-likeness (QED) is 0.312. The molecule has 1 N–H and O–H groups in total. The Hall–Kier alpha value is -3.80. The Morgan fingerprint density at radius 1 is 0.841 bits per heavy atom. The van der Waals surface area contributed by atoms with Crippen molar-refractivity contribution in [3.63, 3.8) is 0 Å². The Morgan fingerprint density at radius 3 is 2.36 bits per heavy atom. The molecule has 10 nitrogen and oxygen atoms in total. The van der Waals surface area contributed by atoms with E-state index < -0.39 is 42.3 Å². The summed E-state index contributed by atoms with van der Waals surface area (Å²) in [6.07, 6.45) is -3.38. The predicted molar refractivity (Wildman–Crippen MR) is 160 cm³/mol. The van der Waals surface area contributed by atoms with Crippen molar-refractivity contribution < 1.29 is 33.2 Å². The number of nitrogens with zero attached hydrogens (tertiary/aromatic N) is 2. The molecule has 0 saturated carbocycles.